The van der Waals surface area contributed by atoms with E-state index in [1.54, 1.807) is 0 Å². The van der Waals surface area contributed by atoms with Crippen LogP contribution in [0.4, 0.5) is 0 Å². The van der Waals surface area contributed by atoms with E-state index in [4.69, 9.17) is 10.5 Å². The Morgan fingerprint density at radius 2 is 1.98 bits per heavy atom. The molecule has 42 heavy (non-hydrogen) atoms. The fourth-order valence-corrected chi connectivity index (χ4v) is 7.34. The number of primary amides is 1. The van der Waals surface area contributed by atoms with Crippen molar-refractivity contribution >= 4 is 50.1 Å². The summed E-state index contributed by atoms with van der Waals surface area (Å²) >= 11 is 3.64. The van der Waals surface area contributed by atoms with Gasteiger partial charge in [-0.05, 0) is 83.3 Å². The minimum Gasteiger partial charge on any atom is -0.369 e. The van der Waals surface area contributed by atoms with Gasteiger partial charge in [0.1, 0.15) is 6.10 Å². The molecule has 4 heterocycles. The maximum Gasteiger partial charge on any atom is 0.251 e. The van der Waals surface area contributed by atoms with Crippen LogP contribution in [0.15, 0.2) is 28.9 Å². The number of likely N-dealkylation sites (N-methyl/N-ethyl adjacent to an activating group) is 1. The second kappa shape index (κ2) is 12.5. The fourth-order valence-electron chi connectivity index (χ4n) is 6.77. The Morgan fingerprint density at radius 3 is 2.64 bits per heavy atom. The van der Waals surface area contributed by atoms with Crippen molar-refractivity contribution in [1.82, 2.24) is 20.1 Å². The molecule has 1 aromatic heterocycles. The number of H-pyrrole nitrogens is 1. The van der Waals surface area contributed by atoms with E-state index < -0.39 is 0 Å². The average Bonchev–Trinajstić information content (AvgIpc) is 3.66. The first-order chi connectivity index (χ1) is 20.0. The lowest BCUT2D eigenvalue weighted by atomic mass is 9.80. The third-order valence-electron chi connectivity index (χ3n) is 9.05. The number of carbonyl (C=O) groups is 3. The van der Waals surface area contributed by atoms with Gasteiger partial charge in [-0.15, -0.1) is 0 Å². The molecule has 5 atom stereocenters. The van der Waals surface area contributed by atoms with E-state index in [1.165, 1.54) is 22.1 Å². The van der Waals surface area contributed by atoms with E-state index in [-0.39, 0.29) is 47.9 Å². The van der Waals surface area contributed by atoms with Crippen LogP contribution in [-0.4, -0.2) is 77.1 Å². The molecule has 2 fully saturated rings. The number of likely N-dealkylation sites (tertiary alicyclic amines) is 1. The molecule has 2 aromatic rings. The van der Waals surface area contributed by atoms with Crippen LogP contribution in [0.25, 0.3) is 16.5 Å². The molecule has 1 aliphatic carbocycles. The van der Waals surface area contributed by atoms with Crippen molar-refractivity contribution in [1.29, 1.82) is 0 Å². The molecule has 0 radical (unpaired) electrons. The highest BCUT2D eigenvalue weighted by Gasteiger charge is 2.43. The summed E-state index contributed by atoms with van der Waals surface area (Å²) in [6.45, 7) is 9.69. The summed E-state index contributed by atoms with van der Waals surface area (Å²) in [4.78, 5) is 43.5. The minimum absolute atomic E-state index is 0.00244. The molecule has 228 valence electrons. The van der Waals surface area contributed by atoms with Crippen LogP contribution >= 0.6 is 15.9 Å². The van der Waals surface area contributed by atoms with Crippen molar-refractivity contribution in [3.05, 3.63) is 40.0 Å². The number of nitrogens with one attached hydrogen (secondary N) is 2. The number of benzene rings is 1. The number of aromatic amines is 1. The van der Waals surface area contributed by atoms with E-state index in [0.717, 1.165) is 42.3 Å². The third kappa shape index (κ3) is 6.03. The second-order valence-corrected chi connectivity index (χ2v) is 13.7. The molecule has 10 heteroatoms. The molecule has 4 N–H and O–H groups in total. The van der Waals surface area contributed by atoms with Crippen molar-refractivity contribution in [2.75, 3.05) is 20.1 Å². The summed E-state index contributed by atoms with van der Waals surface area (Å²) in [5, 5.41) is 4.19. The quantitative estimate of drug-likeness (QED) is 0.437. The maximum absolute atomic E-state index is 12.4. The standard InChI is InChI=1S/C16H16BrN3O.C16H28N2O3/c1-20-7-8(16(18)21)5-10-9-3-2-4-12-14(9)11(6-13(10)20)15(17)19-12;1-10(2)7-8-13(19)18-9-5-6-12(18)16-17-15(20)14(21-16)11(3)4/h2-5,8,13,19H,6-7H2,1H3,(H2,18,21);10-12,14,16H,5-9H2,1-4H3,(H,17,20). The molecule has 1 aromatic carbocycles. The zero-order valence-electron chi connectivity index (χ0n) is 25.3. The largest absolute Gasteiger partial charge is 0.369 e. The molecule has 0 saturated carbocycles. The number of amides is 3. The molecule has 9 nitrogen and oxygen atoms in total. The summed E-state index contributed by atoms with van der Waals surface area (Å²) in [7, 11) is 2.07. The predicted octanol–water partition coefficient (Wildman–Crippen LogP) is 4.20. The zero-order valence-corrected chi connectivity index (χ0v) is 26.9. The second-order valence-electron chi connectivity index (χ2n) is 12.9. The number of nitrogens with zero attached hydrogens (tertiary/aromatic N) is 2. The first-order valence-electron chi connectivity index (χ1n) is 15.2. The van der Waals surface area contributed by atoms with Crippen LogP contribution in [0.3, 0.4) is 0 Å². The summed E-state index contributed by atoms with van der Waals surface area (Å²) in [6, 6.07) is 6.60. The highest BCUT2D eigenvalue weighted by Crippen LogP contribution is 2.43. The van der Waals surface area contributed by atoms with Gasteiger partial charge in [0.2, 0.25) is 11.8 Å². The topological polar surface area (TPSA) is 121 Å². The number of nitrogens with two attached hydrogens (primary N) is 1. The van der Waals surface area contributed by atoms with Gasteiger partial charge in [-0.25, -0.2) is 0 Å². The fraction of sp³-hybridized carbons (Fsp3) is 0.594. The molecule has 0 bridgehead atoms. The van der Waals surface area contributed by atoms with E-state index in [1.807, 2.05) is 18.7 Å². The maximum atomic E-state index is 12.4. The summed E-state index contributed by atoms with van der Waals surface area (Å²) in [6.07, 6.45) is 5.69. The predicted molar refractivity (Wildman–Crippen MR) is 167 cm³/mol. The van der Waals surface area contributed by atoms with Crippen LogP contribution in [-0.2, 0) is 25.5 Å². The van der Waals surface area contributed by atoms with Crippen molar-refractivity contribution in [3.8, 4) is 0 Å². The van der Waals surface area contributed by atoms with Crippen LogP contribution in [0, 0.1) is 17.8 Å². The van der Waals surface area contributed by atoms with Crippen molar-refractivity contribution in [3.63, 3.8) is 0 Å². The van der Waals surface area contributed by atoms with Crippen molar-refractivity contribution in [2.45, 2.75) is 84.2 Å². The highest BCUT2D eigenvalue weighted by molar-refractivity contribution is 9.10. The van der Waals surface area contributed by atoms with Gasteiger partial charge < -0.3 is 25.7 Å². The number of carbonyl (C=O) groups excluding carboxylic acids is 3. The lowest BCUT2D eigenvalue weighted by molar-refractivity contribution is -0.136. The Labute approximate surface area is 256 Å². The smallest absolute Gasteiger partial charge is 0.251 e. The van der Waals surface area contributed by atoms with E-state index in [9.17, 15) is 14.4 Å². The van der Waals surface area contributed by atoms with E-state index >= 15 is 0 Å². The molecule has 3 amide bonds. The molecule has 3 aliphatic heterocycles. The Bertz CT molecular complexity index is 1380. The molecular weight excluding hydrogens is 598 g/mol. The molecule has 0 spiro atoms. The molecule has 5 unspecified atom stereocenters. The Hall–Kier alpha value is -2.69. The molecule has 6 rings (SSSR count). The Morgan fingerprint density at radius 1 is 1.21 bits per heavy atom. The number of halogens is 1. The summed E-state index contributed by atoms with van der Waals surface area (Å²) < 4.78 is 6.93. The monoisotopic (exact) mass is 641 g/mol. The van der Waals surface area contributed by atoms with Gasteiger partial charge in [-0.2, -0.15) is 0 Å². The van der Waals surface area contributed by atoms with Gasteiger partial charge in [0.25, 0.3) is 5.91 Å². The van der Waals surface area contributed by atoms with Crippen LogP contribution in [0.5, 0.6) is 0 Å². The normalized spacial score (nSPS) is 27.1. The number of rotatable bonds is 6. The molecule has 4 aliphatic rings. The minimum atomic E-state index is -0.386. The van der Waals surface area contributed by atoms with Gasteiger partial charge in [0.05, 0.1) is 16.6 Å². The SMILES string of the molecule is CC(C)CCC(=O)N1CCCC1C1NC(=O)C(C(C)C)O1.CN1CC(C(N)=O)C=C2c3cccc4[nH]c(Br)c(c34)CC21. The number of fused-ring (bicyclic) bond motifs is 2. The van der Waals surface area contributed by atoms with E-state index in [2.05, 4.69) is 76.3 Å². The lowest BCUT2D eigenvalue weighted by Gasteiger charge is -2.39. The third-order valence-corrected chi connectivity index (χ3v) is 9.73. The van der Waals surface area contributed by atoms with Gasteiger partial charge in [-0.1, -0.05) is 45.9 Å². The number of hydrogen-bond donors (Lipinski definition) is 3. The Kier molecular flexibility index (Phi) is 9.16. The average molecular weight is 643 g/mol. The van der Waals surface area contributed by atoms with Gasteiger partial charge in [0, 0.05) is 36.5 Å². The highest BCUT2D eigenvalue weighted by atomic mass is 79.9. The van der Waals surface area contributed by atoms with Gasteiger partial charge in [-0.3, -0.25) is 19.3 Å². The number of hydrogen-bond acceptors (Lipinski definition) is 5. The van der Waals surface area contributed by atoms with Gasteiger partial charge in [0.15, 0.2) is 6.23 Å². The first kappa shape index (κ1) is 30.8. The zero-order chi connectivity index (χ0) is 30.3. The van der Waals surface area contributed by atoms with Crippen LogP contribution in [0.2, 0.25) is 0 Å². The van der Waals surface area contributed by atoms with Gasteiger partial charge >= 0.3 is 0 Å². The van der Waals surface area contributed by atoms with E-state index in [0.29, 0.717) is 24.9 Å². The number of ether oxygens (including phenoxy) is 1. The summed E-state index contributed by atoms with van der Waals surface area (Å²) in [5.74, 6) is 0.374. The summed E-state index contributed by atoms with van der Waals surface area (Å²) in [5.41, 5.74) is 10.4. The lowest BCUT2D eigenvalue weighted by Crippen LogP contribution is -2.47. The number of aromatic nitrogens is 1. The van der Waals surface area contributed by atoms with Crippen molar-refractivity contribution in [2.24, 2.45) is 23.5 Å². The van der Waals surface area contributed by atoms with Crippen LogP contribution < -0.4 is 11.1 Å². The van der Waals surface area contributed by atoms with Crippen LogP contribution in [0.1, 0.15) is 64.5 Å². The Balaban J connectivity index is 0.000000168. The molecule has 2 saturated heterocycles. The van der Waals surface area contributed by atoms with Crippen molar-refractivity contribution < 1.29 is 19.1 Å². The first-order valence-corrected chi connectivity index (χ1v) is 16.0. The molecular formula is C32H44BrN5O4.